The first-order chi connectivity index (χ1) is 12.3. The number of furan rings is 1. The predicted molar refractivity (Wildman–Crippen MR) is 94.9 cm³/mol. The summed E-state index contributed by atoms with van der Waals surface area (Å²) in [5, 5.41) is 19.9. The van der Waals surface area contributed by atoms with E-state index >= 15 is 0 Å². The number of piperazine rings is 1. The lowest BCUT2D eigenvalue weighted by atomic mass is 10.1. The normalized spacial score (nSPS) is 20.0. The standard InChI is InChI=1S/C14H17FN2O.C4H4O4/c1-9-8-17(10(2)7-16-9)13-6-12(15)5-11-3-4-18-14(11)13;5-3(6)1-2-4(7)8/h3-6,9-10,16H,7-8H2,1-2H3;1-2H,(H,5,6)(H,7,8)/t9-,10-;/m1./s1. The summed E-state index contributed by atoms with van der Waals surface area (Å²) in [6, 6.07) is 5.61. The van der Waals surface area contributed by atoms with Crippen molar-refractivity contribution in [1.29, 1.82) is 0 Å². The van der Waals surface area contributed by atoms with Crippen molar-refractivity contribution in [3.8, 4) is 0 Å². The number of nitrogens with one attached hydrogen (secondary N) is 1. The Kier molecular flexibility index (Phi) is 6.35. The number of carboxylic acid groups (broad SMARTS) is 2. The van der Waals surface area contributed by atoms with Gasteiger partial charge >= 0.3 is 11.9 Å². The topological polar surface area (TPSA) is 103 Å². The van der Waals surface area contributed by atoms with E-state index in [9.17, 15) is 14.0 Å². The molecule has 1 aromatic heterocycles. The largest absolute Gasteiger partial charge is 0.478 e. The van der Waals surface area contributed by atoms with E-state index in [4.69, 9.17) is 14.6 Å². The number of carboxylic acids is 2. The molecule has 3 rings (SSSR count). The molecule has 3 N–H and O–H groups in total. The lowest BCUT2D eigenvalue weighted by Crippen LogP contribution is -2.54. The summed E-state index contributed by atoms with van der Waals surface area (Å²) in [5.41, 5.74) is 1.63. The van der Waals surface area contributed by atoms with E-state index in [0.29, 0.717) is 24.2 Å². The molecule has 26 heavy (non-hydrogen) atoms. The molecular formula is C18H21FN2O5. The van der Waals surface area contributed by atoms with Gasteiger partial charge in [0.25, 0.3) is 0 Å². The number of hydrogen-bond donors (Lipinski definition) is 3. The van der Waals surface area contributed by atoms with Crippen LogP contribution in [0.15, 0.2) is 41.0 Å². The average Bonchev–Trinajstić information content (AvgIpc) is 3.03. The summed E-state index contributed by atoms with van der Waals surface area (Å²) < 4.78 is 19.2. The molecular weight excluding hydrogens is 343 g/mol. The molecule has 1 aromatic carbocycles. The molecule has 140 valence electrons. The van der Waals surface area contributed by atoms with Gasteiger partial charge in [0, 0.05) is 48.8 Å². The molecule has 2 heterocycles. The van der Waals surface area contributed by atoms with Crippen LogP contribution in [-0.4, -0.2) is 47.3 Å². The van der Waals surface area contributed by atoms with Gasteiger partial charge in [0.1, 0.15) is 5.82 Å². The Hall–Kier alpha value is -2.87. The van der Waals surface area contributed by atoms with Gasteiger partial charge in [-0.25, -0.2) is 14.0 Å². The number of fused-ring (bicyclic) bond motifs is 1. The number of aliphatic carboxylic acids is 2. The molecule has 0 saturated carbocycles. The zero-order valence-corrected chi connectivity index (χ0v) is 14.5. The van der Waals surface area contributed by atoms with Crippen LogP contribution in [0.5, 0.6) is 0 Å². The highest BCUT2D eigenvalue weighted by atomic mass is 19.1. The van der Waals surface area contributed by atoms with Crippen LogP contribution in [-0.2, 0) is 9.59 Å². The van der Waals surface area contributed by atoms with E-state index in [1.165, 1.54) is 6.07 Å². The zero-order valence-electron chi connectivity index (χ0n) is 14.5. The van der Waals surface area contributed by atoms with Crippen molar-refractivity contribution in [2.24, 2.45) is 0 Å². The Balaban J connectivity index is 0.000000260. The third-order valence-electron chi connectivity index (χ3n) is 3.94. The van der Waals surface area contributed by atoms with Crippen LogP contribution in [0.4, 0.5) is 10.1 Å². The fourth-order valence-corrected chi connectivity index (χ4v) is 2.74. The number of nitrogens with zero attached hydrogens (tertiary/aromatic N) is 1. The maximum atomic E-state index is 13.7. The minimum Gasteiger partial charge on any atom is -0.478 e. The molecule has 1 saturated heterocycles. The number of hydrogen-bond acceptors (Lipinski definition) is 5. The summed E-state index contributed by atoms with van der Waals surface area (Å²) in [5.74, 6) is -2.72. The SMILES string of the molecule is C[C@@H]1CN(c2cc(F)cc3ccoc23)[C@H](C)CN1.O=C(O)C=CC(=O)O. The van der Waals surface area contributed by atoms with Crippen molar-refractivity contribution in [3.63, 3.8) is 0 Å². The molecule has 0 unspecified atom stereocenters. The number of rotatable bonds is 3. The van der Waals surface area contributed by atoms with Gasteiger partial charge in [-0.1, -0.05) is 0 Å². The van der Waals surface area contributed by atoms with E-state index < -0.39 is 11.9 Å². The van der Waals surface area contributed by atoms with Crippen LogP contribution in [0.3, 0.4) is 0 Å². The minimum atomic E-state index is -1.26. The van der Waals surface area contributed by atoms with Gasteiger partial charge in [0.05, 0.1) is 12.0 Å². The van der Waals surface area contributed by atoms with E-state index in [1.807, 2.05) is 0 Å². The van der Waals surface area contributed by atoms with Crippen LogP contribution >= 0.6 is 0 Å². The highest BCUT2D eigenvalue weighted by Gasteiger charge is 2.25. The Morgan fingerprint density at radius 2 is 1.92 bits per heavy atom. The van der Waals surface area contributed by atoms with Crippen LogP contribution in [0, 0.1) is 5.82 Å². The van der Waals surface area contributed by atoms with Crippen LogP contribution in [0.2, 0.25) is 0 Å². The smallest absolute Gasteiger partial charge is 0.328 e. The highest BCUT2D eigenvalue weighted by Crippen LogP contribution is 2.31. The highest BCUT2D eigenvalue weighted by molar-refractivity contribution is 5.90. The van der Waals surface area contributed by atoms with Gasteiger partial charge in [-0.15, -0.1) is 0 Å². The Morgan fingerprint density at radius 3 is 2.54 bits per heavy atom. The van der Waals surface area contributed by atoms with Crippen LogP contribution < -0.4 is 10.2 Å². The van der Waals surface area contributed by atoms with E-state index in [0.717, 1.165) is 29.7 Å². The lowest BCUT2D eigenvalue weighted by Gasteiger charge is -2.39. The van der Waals surface area contributed by atoms with Crippen LogP contribution in [0.1, 0.15) is 13.8 Å². The first-order valence-corrected chi connectivity index (χ1v) is 8.08. The second-order valence-corrected chi connectivity index (χ2v) is 6.08. The fourth-order valence-electron chi connectivity index (χ4n) is 2.74. The third kappa shape index (κ3) is 5.06. The first-order valence-electron chi connectivity index (χ1n) is 8.08. The molecule has 1 aliphatic heterocycles. The molecule has 1 fully saturated rings. The zero-order chi connectivity index (χ0) is 19.3. The minimum absolute atomic E-state index is 0.211. The van der Waals surface area contributed by atoms with Gasteiger partial charge in [-0.2, -0.15) is 0 Å². The third-order valence-corrected chi connectivity index (χ3v) is 3.94. The summed E-state index contributed by atoms with van der Waals surface area (Å²) in [6.07, 6.45) is 2.73. The second kappa shape index (κ2) is 8.48. The van der Waals surface area contributed by atoms with E-state index in [-0.39, 0.29) is 5.82 Å². The Labute approximate surface area is 149 Å². The molecule has 7 nitrogen and oxygen atoms in total. The van der Waals surface area contributed by atoms with Crippen molar-refractivity contribution >= 4 is 28.6 Å². The van der Waals surface area contributed by atoms with E-state index in [1.54, 1.807) is 18.4 Å². The molecule has 0 bridgehead atoms. The van der Waals surface area contributed by atoms with Crippen molar-refractivity contribution in [1.82, 2.24) is 5.32 Å². The van der Waals surface area contributed by atoms with Crippen molar-refractivity contribution in [2.75, 3.05) is 18.0 Å². The Bertz CT molecular complexity index is 801. The number of carbonyl (C=O) groups is 2. The molecule has 0 amide bonds. The first kappa shape index (κ1) is 19.5. The van der Waals surface area contributed by atoms with Gasteiger partial charge in [-0.05, 0) is 26.0 Å². The molecule has 0 aliphatic carbocycles. The predicted octanol–water partition coefficient (Wildman–Crippen LogP) is 2.47. The molecule has 2 aromatic rings. The van der Waals surface area contributed by atoms with Gasteiger partial charge < -0.3 is 24.8 Å². The molecule has 0 radical (unpaired) electrons. The second-order valence-electron chi connectivity index (χ2n) is 6.08. The maximum absolute atomic E-state index is 13.7. The summed E-state index contributed by atoms with van der Waals surface area (Å²) in [4.78, 5) is 21.3. The summed E-state index contributed by atoms with van der Waals surface area (Å²) in [6.45, 7) is 6.04. The van der Waals surface area contributed by atoms with Crippen LogP contribution in [0.25, 0.3) is 11.0 Å². The molecule has 8 heteroatoms. The molecule has 2 atom stereocenters. The monoisotopic (exact) mass is 364 g/mol. The summed E-state index contributed by atoms with van der Waals surface area (Å²) >= 11 is 0. The van der Waals surface area contributed by atoms with E-state index in [2.05, 4.69) is 24.1 Å². The maximum Gasteiger partial charge on any atom is 0.328 e. The van der Waals surface area contributed by atoms with Gasteiger partial charge in [0.15, 0.2) is 5.58 Å². The number of benzene rings is 1. The number of anilines is 1. The lowest BCUT2D eigenvalue weighted by molar-refractivity contribution is -0.134. The average molecular weight is 364 g/mol. The fraction of sp³-hybridized carbons (Fsp3) is 0.333. The van der Waals surface area contributed by atoms with Gasteiger partial charge in [0.2, 0.25) is 0 Å². The number of halogens is 1. The Morgan fingerprint density at radius 1 is 1.27 bits per heavy atom. The molecule has 1 aliphatic rings. The molecule has 0 spiro atoms. The van der Waals surface area contributed by atoms with Gasteiger partial charge in [-0.3, -0.25) is 0 Å². The van der Waals surface area contributed by atoms with Crippen molar-refractivity contribution in [2.45, 2.75) is 25.9 Å². The quantitative estimate of drug-likeness (QED) is 0.719. The van der Waals surface area contributed by atoms with Crippen molar-refractivity contribution in [3.05, 3.63) is 42.4 Å². The summed E-state index contributed by atoms with van der Waals surface area (Å²) in [7, 11) is 0. The van der Waals surface area contributed by atoms with Crippen molar-refractivity contribution < 1.29 is 28.6 Å².